The summed E-state index contributed by atoms with van der Waals surface area (Å²) in [5.41, 5.74) is 3.94. The number of nitrogens with one attached hydrogen (secondary N) is 1. The molecule has 0 unspecified atom stereocenters. The lowest BCUT2D eigenvalue weighted by Gasteiger charge is -2.17. The summed E-state index contributed by atoms with van der Waals surface area (Å²) in [4.78, 5) is 0.268. The van der Waals surface area contributed by atoms with E-state index in [4.69, 9.17) is 11.6 Å². The van der Waals surface area contributed by atoms with Crippen molar-refractivity contribution in [3.63, 3.8) is 0 Å². The fourth-order valence-corrected chi connectivity index (χ4v) is 4.57. The van der Waals surface area contributed by atoms with E-state index < -0.39 is 10.0 Å². The summed E-state index contributed by atoms with van der Waals surface area (Å²) in [5.74, 6) is -0.0326. The summed E-state index contributed by atoms with van der Waals surface area (Å²) in [6.45, 7) is 8.90. The van der Waals surface area contributed by atoms with Gasteiger partial charge in [0.25, 0.3) is 10.0 Å². The van der Waals surface area contributed by atoms with Gasteiger partial charge in [0.2, 0.25) is 0 Å². The second kappa shape index (κ2) is 6.06. The van der Waals surface area contributed by atoms with E-state index in [0.717, 1.165) is 5.56 Å². The Bertz CT molecular complexity index is 866. The number of aryl methyl sites for hydroxylation is 3. The van der Waals surface area contributed by atoms with Crippen LogP contribution in [-0.2, 0) is 10.0 Å². The Morgan fingerprint density at radius 2 is 1.48 bits per heavy atom. The molecule has 0 radical (unpaired) electrons. The molecule has 0 amide bonds. The molecule has 0 aliphatic rings. The first kappa shape index (κ1) is 17.6. The molecular formula is C17H20ClNO3S. The van der Waals surface area contributed by atoms with E-state index in [-0.39, 0.29) is 15.7 Å². The molecule has 2 aromatic rings. The van der Waals surface area contributed by atoms with Crippen LogP contribution in [0.2, 0.25) is 5.02 Å². The van der Waals surface area contributed by atoms with Crippen LogP contribution in [0.4, 0.5) is 5.69 Å². The van der Waals surface area contributed by atoms with Gasteiger partial charge in [-0.05, 0) is 62.9 Å². The molecule has 0 aliphatic heterocycles. The van der Waals surface area contributed by atoms with Crippen molar-refractivity contribution in [3.05, 3.63) is 51.0 Å². The first-order valence-corrected chi connectivity index (χ1v) is 9.00. The lowest BCUT2D eigenvalue weighted by atomic mass is 10.1. The van der Waals surface area contributed by atoms with E-state index >= 15 is 0 Å². The normalized spacial score (nSPS) is 11.6. The monoisotopic (exact) mass is 353 g/mol. The number of sulfonamides is 1. The van der Waals surface area contributed by atoms with Gasteiger partial charge in [0.15, 0.2) is 0 Å². The minimum Gasteiger partial charge on any atom is -0.506 e. The highest BCUT2D eigenvalue weighted by Crippen LogP contribution is 2.35. The summed E-state index contributed by atoms with van der Waals surface area (Å²) in [7, 11) is -3.75. The van der Waals surface area contributed by atoms with Gasteiger partial charge < -0.3 is 5.11 Å². The molecule has 4 nitrogen and oxygen atoms in total. The van der Waals surface area contributed by atoms with Crippen molar-refractivity contribution >= 4 is 27.3 Å². The Labute approximate surface area is 142 Å². The average molecular weight is 354 g/mol. The number of benzene rings is 2. The Hall–Kier alpha value is -1.72. The zero-order valence-electron chi connectivity index (χ0n) is 13.8. The number of phenolic OH excluding ortho intramolecular Hbond substituents is 1. The molecular weight excluding hydrogens is 334 g/mol. The van der Waals surface area contributed by atoms with Gasteiger partial charge in [0.1, 0.15) is 5.75 Å². The van der Waals surface area contributed by atoms with Gasteiger partial charge in [0.05, 0.1) is 15.6 Å². The molecule has 0 spiro atoms. The van der Waals surface area contributed by atoms with Crippen LogP contribution in [-0.4, -0.2) is 13.5 Å². The van der Waals surface area contributed by atoms with Crippen LogP contribution in [0.1, 0.15) is 27.8 Å². The molecule has 2 rings (SSSR count). The highest BCUT2D eigenvalue weighted by Gasteiger charge is 2.22. The van der Waals surface area contributed by atoms with Gasteiger partial charge in [-0.1, -0.05) is 29.3 Å². The van der Waals surface area contributed by atoms with E-state index in [0.29, 0.717) is 27.9 Å². The fraction of sp³-hybridized carbons (Fsp3) is 0.294. The van der Waals surface area contributed by atoms with Crippen molar-refractivity contribution in [2.45, 2.75) is 39.5 Å². The maximum absolute atomic E-state index is 12.8. The molecule has 0 saturated carbocycles. The van der Waals surface area contributed by atoms with Crippen molar-refractivity contribution in [2.75, 3.05) is 4.72 Å². The number of rotatable bonds is 3. The van der Waals surface area contributed by atoms with Crippen LogP contribution in [0, 0.1) is 34.6 Å². The van der Waals surface area contributed by atoms with E-state index in [9.17, 15) is 13.5 Å². The van der Waals surface area contributed by atoms with Gasteiger partial charge in [-0.25, -0.2) is 8.42 Å². The van der Waals surface area contributed by atoms with Crippen molar-refractivity contribution in [1.29, 1.82) is 0 Å². The Morgan fingerprint density at radius 3 is 2.00 bits per heavy atom. The van der Waals surface area contributed by atoms with Crippen molar-refractivity contribution in [2.24, 2.45) is 0 Å². The zero-order chi connectivity index (χ0) is 17.5. The number of hydrogen-bond acceptors (Lipinski definition) is 3. The first-order valence-electron chi connectivity index (χ1n) is 7.14. The third kappa shape index (κ3) is 3.31. The number of phenols is 1. The van der Waals surface area contributed by atoms with Gasteiger partial charge in [-0.15, -0.1) is 0 Å². The topological polar surface area (TPSA) is 66.4 Å². The highest BCUT2D eigenvalue weighted by molar-refractivity contribution is 7.92. The maximum atomic E-state index is 12.8. The predicted molar refractivity (Wildman–Crippen MR) is 94.1 cm³/mol. The molecule has 23 heavy (non-hydrogen) atoms. The van der Waals surface area contributed by atoms with Crippen LogP contribution < -0.4 is 4.72 Å². The molecule has 2 aromatic carbocycles. The molecule has 0 aliphatic carbocycles. The van der Waals surface area contributed by atoms with Gasteiger partial charge >= 0.3 is 0 Å². The molecule has 0 saturated heterocycles. The SMILES string of the molecule is Cc1cc(C)c(S(=O)(=O)Nc2cc(Cl)c(O)c(C)c2C)c(C)c1. The van der Waals surface area contributed by atoms with Crippen LogP contribution >= 0.6 is 11.6 Å². The predicted octanol–water partition coefficient (Wildman–Crippen LogP) is 4.39. The summed E-state index contributed by atoms with van der Waals surface area (Å²) >= 11 is 5.96. The summed E-state index contributed by atoms with van der Waals surface area (Å²) in [5, 5.41) is 9.95. The standard InChI is InChI=1S/C17H20ClNO3S/c1-9-6-10(2)17(11(3)7-9)23(21,22)19-15-8-14(18)16(20)13(5)12(15)4/h6-8,19-20H,1-5H3. The van der Waals surface area contributed by atoms with Gasteiger partial charge in [0, 0.05) is 0 Å². The summed E-state index contributed by atoms with van der Waals surface area (Å²) in [6.07, 6.45) is 0. The van der Waals surface area contributed by atoms with Crippen LogP contribution in [0.3, 0.4) is 0 Å². The van der Waals surface area contributed by atoms with Crippen LogP contribution in [0.25, 0.3) is 0 Å². The molecule has 0 bridgehead atoms. The highest BCUT2D eigenvalue weighted by atomic mass is 35.5. The third-order valence-electron chi connectivity index (χ3n) is 3.94. The summed E-state index contributed by atoms with van der Waals surface area (Å²) < 4.78 is 28.2. The second-order valence-corrected chi connectivity index (χ2v) is 7.86. The smallest absolute Gasteiger partial charge is 0.262 e. The molecule has 6 heteroatoms. The molecule has 0 fully saturated rings. The van der Waals surface area contributed by atoms with E-state index in [1.807, 2.05) is 19.1 Å². The second-order valence-electron chi connectivity index (χ2n) is 5.84. The van der Waals surface area contributed by atoms with Gasteiger partial charge in [-0.3, -0.25) is 4.72 Å². The van der Waals surface area contributed by atoms with E-state index in [1.165, 1.54) is 6.07 Å². The zero-order valence-corrected chi connectivity index (χ0v) is 15.4. The molecule has 0 aromatic heterocycles. The lowest BCUT2D eigenvalue weighted by molar-refractivity contribution is 0.471. The lowest BCUT2D eigenvalue weighted by Crippen LogP contribution is -2.17. The first-order chi connectivity index (χ1) is 10.5. The minimum absolute atomic E-state index is 0.0326. The Kier molecular flexibility index (Phi) is 4.64. The van der Waals surface area contributed by atoms with E-state index in [2.05, 4.69) is 4.72 Å². The van der Waals surface area contributed by atoms with E-state index in [1.54, 1.807) is 27.7 Å². The maximum Gasteiger partial charge on any atom is 0.262 e. The molecule has 124 valence electrons. The van der Waals surface area contributed by atoms with Crippen molar-refractivity contribution in [3.8, 4) is 5.75 Å². The fourth-order valence-electron chi connectivity index (χ4n) is 2.75. The number of anilines is 1. The Balaban J connectivity index is 2.57. The van der Waals surface area contributed by atoms with Crippen molar-refractivity contribution in [1.82, 2.24) is 0 Å². The third-order valence-corrected chi connectivity index (χ3v) is 5.89. The van der Waals surface area contributed by atoms with Crippen molar-refractivity contribution < 1.29 is 13.5 Å². The largest absolute Gasteiger partial charge is 0.506 e. The van der Waals surface area contributed by atoms with Gasteiger partial charge in [-0.2, -0.15) is 0 Å². The quantitative estimate of drug-likeness (QED) is 0.804. The number of halogens is 1. The number of hydrogen-bond donors (Lipinski definition) is 2. The Morgan fingerprint density at radius 1 is 0.957 bits per heavy atom. The molecule has 2 N–H and O–H groups in total. The molecule has 0 atom stereocenters. The van der Waals surface area contributed by atoms with Crippen LogP contribution in [0.15, 0.2) is 23.1 Å². The summed E-state index contributed by atoms with van der Waals surface area (Å²) in [6, 6.07) is 5.10. The molecule has 0 heterocycles. The number of aromatic hydroxyl groups is 1. The minimum atomic E-state index is -3.75. The average Bonchev–Trinajstić information content (AvgIpc) is 2.40. The van der Waals surface area contributed by atoms with Crippen LogP contribution in [0.5, 0.6) is 5.75 Å².